The first-order chi connectivity index (χ1) is 14.5. The summed E-state index contributed by atoms with van der Waals surface area (Å²) < 4.78 is 0. The summed E-state index contributed by atoms with van der Waals surface area (Å²) in [4.78, 5) is 26.1. The van der Waals surface area contributed by atoms with Crippen LogP contribution in [0, 0.1) is 11.8 Å². The van der Waals surface area contributed by atoms with Gasteiger partial charge in [0.25, 0.3) is 0 Å². The molecule has 2 aromatic rings. The van der Waals surface area contributed by atoms with Crippen molar-refractivity contribution in [1.29, 1.82) is 0 Å². The minimum atomic E-state index is -0.639. The number of hydrogen-bond acceptors (Lipinski definition) is 7. The highest BCUT2D eigenvalue weighted by Gasteiger charge is 2.24. The summed E-state index contributed by atoms with van der Waals surface area (Å²) in [5.41, 5.74) is 5.98. The number of aromatic nitrogens is 2. The first-order valence-electron chi connectivity index (χ1n) is 10.4. The molecule has 2 rings (SSSR count). The van der Waals surface area contributed by atoms with Gasteiger partial charge in [-0.15, -0.1) is 21.5 Å². The number of nitrogens with one attached hydrogen (secondary N) is 2. The van der Waals surface area contributed by atoms with Crippen molar-refractivity contribution in [3.05, 3.63) is 39.5 Å². The van der Waals surface area contributed by atoms with Crippen LogP contribution in [-0.2, 0) is 21.4 Å². The zero-order chi connectivity index (χ0) is 23.2. The van der Waals surface area contributed by atoms with Gasteiger partial charge in [-0.1, -0.05) is 65.0 Å². The largest absolute Gasteiger partial charge is 0.348 e. The van der Waals surface area contributed by atoms with Gasteiger partial charge in [-0.2, -0.15) is 0 Å². The number of carbonyl (C=O) groups excluding carboxylic acids is 2. The lowest BCUT2D eigenvalue weighted by Gasteiger charge is -2.26. The first-order valence-corrected chi connectivity index (χ1v) is 12.1. The van der Waals surface area contributed by atoms with E-state index in [4.69, 9.17) is 5.73 Å². The molecule has 0 radical (unpaired) electrons. The second kappa shape index (κ2) is 11.0. The lowest BCUT2D eigenvalue weighted by atomic mass is 9.89. The number of amides is 2. The predicted molar refractivity (Wildman–Crippen MR) is 128 cm³/mol. The van der Waals surface area contributed by atoms with Gasteiger partial charge in [0.2, 0.25) is 16.9 Å². The van der Waals surface area contributed by atoms with Crippen molar-refractivity contribution in [3.63, 3.8) is 0 Å². The van der Waals surface area contributed by atoms with Crippen LogP contribution >= 0.6 is 22.7 Å². The molecule has 2 heterocycles. The number of anilines is 1. The van der Waals surface area contributed by atoms with E-state index in [1.807, 2.05) is 45.2 Å². The zero-order valence-electron chi connectivity index (χ0n) is 19.0. The molecule has 0 bridgehead atoms. The fourth-order valence-electron chi connectivity index (χ4n) is 2.69. The zero-order valence-corrected chi connectivity index (χ0v) is 20.6. The summed E-state index contributed by atoms with van der Waals surface area (Å²) >= 11 is 2.94. The van der Waals surface area contributed by atoms with E-state index in [9.17, 15) is 9.59 Å². The average molecular weight is 464 g/mol. The molecule has 31 heavy (non-hydrogen) atoms. The highest BCUT2D eigenvalue weighted by molar-refractivity contribution is 7.15. The summed E-state index contributed by atoms with van der Waals surface area (Å²) in [6, 6.07) is 2.96. The Bertz CT molecular complexity index is 884. The Morgan fingerprint density at radius 2 is 1.94 bits per heavy atom. The van der Waals surface area contributed by atoms with Gasteiger partial charge in [0.05, 0.1) is 12.1 Å². The van der Waals surface area contributed by atoms with Crippen molar-refractivity contribution in [2.24, 2.45) is 17.6 Å². The maximum absolute atomic E-state index is 12.7. The Morgan fingerprint density at radius 1 is 1.23 bits per heavy atom. The van der Waals surface area contributed by atoms with Crippen LogP contribution in [0.15, 0.2) is 29.7 Å². The molecule has 0 aliphatic carbocycles. The molecule has 0 aliphatic heterocycles. The van der Waals surface area contributed by atoms with E-state index < -0.39 is 6.04 Å². The van der Waals surface area contributed by atoms with Crippen LogP contribution in [0.25, 0.3) is 0 Å². The molecular formula is C22H33N5O2S2. The minimum absolute atomic E-state index is 0.121. The van der Waals surface area contributed by atoms with Gasteiger partial charge in [-0.05, 0) is 23.3 Å². The maximum Gasteiger partial charge on any atom is 0.249 e. The Morgan fingerprint density at radius 3 is 2.48 bits per heavy atom. The molecule has 7 nitrogen and oxygen atoms in total. The minimum Gasteiger partial charge on any atom is -0.348 e. The molecule has 2 aromatic heterocycles. The number of carbonyl (C=O) groups is 2. The van der Waals surface area contributed by atoms with Crippen LogP contribution in [0.4, 0.5) is 5.13 Å². The maximum atomic E-state index is 12.7. The van der Waals surface area contributed by atoms with E-state index in [1.165, 1.54) is 17.4 Å². The number of rotatable bonds is 9. The third-order valence-electron chi connectivity index (χ3n) is 5.02. The fourth-order valence-corrected chi connectivity index (χ4v) is 4.26. The predicted octanol–water partition coefficient (Wildman–Crippen LogP) is 3.74. The van der Waals surface area contributed by atoms with Gasteiger partial charge >= 0.3 is 0 Å². The van der Waals surface area contributed by atoms with E-state index in [2.05, 4.69) is 34.7 Å². The molecule has 0 aromatic carbocycles. The molecule has 0 aliphatic rings. The number of nitrogens with two attached hydrogens (primary N) is 1. The number of hydrogen-bond donors (Lipinski definition) is 3. The Balaban J connectivity index is 2.02. The molecule has 170 valence electrons. The smallest absolute Gasteiger partial charge is 0.249 e. The van der Waals surface area contributed by atoms with Gasteiger partial charge < -0.3 is 11.1 Å². The second-order valence-electron chi connectivity index (χ2n) is 9.04. The summed E-state index contributed by atoms with van der Waals surface area (Å²) in [6.45, 7) is 12.3. The Labute approximate surface area is 192 Å². The van der Waals surface area contributed by atoms with Crippen LogP contribution in [0.3, 0.4) is 0 Å². The van der Waals surface area contributed by atoms with E-state index in [-0.39, 0.29) is 29.2 Å². The van der Waals surface area contributed by atoms with Gasteiger partial charge in [0.1, 0.15) is 5.01 Å². The normalized spacial score (nSPS) is 15.1. The topological polar surface area (TPSA) is 110 Å². The fraction of sp³-hybridized carbons (Fsp3) is 0.545. The third kappa shape index (κ3) is 7.83. The second-order valence-corrected chi connectivity index (χ2v) is 11.0. The number of nitrogens with zero attached hydrogens (tertiary/aromatic N) is 2. The molecule has 0 saturated heterocycles. The van der Waals surface area contributed by atoms with Gasteiger partial charge in [0, 0.05) is 22.8 Å². The monoisotopic (exact) mass is 463 g/mol. The van der Waals surface area contributed by atoms with Crippen molar-refractivity contribution in [3.8, 4) is 0 Å². The van der Waals surface area contributed by atoms with Crippen LogP contribution in [0.2, 0.25) is 0 Å². The van der Waals surface area contributed by atoms with Crippen LogP contribution in [-0.4, -0.2) is 34.1 Å². The van der Waals surface area contributed by atoms with E-state index in [0.29, 0.717) is 17.5 Å². The van der Waals surface area contributed by atoms with Gasteiger partial charge in [-0.3, -0.25) is 14.9 Å². The number of thiophene rings is 1. The van der Waals surface area contributed by atoms with Crippen LogP contribution in [0.5, 0.6) is 0 Å². The molecule has 1 unspecified atom stereocenters. The van der Waals surface area contributed by atoms with Crippen molar-refractivity contribution < 1.29 is 9.59 Å². The van der Waals surface area contributed by atoms with E-state index in [0.717, 1.165) is 9.88 Å². The average Bonchev–Trinajstić information content (AvgIpc) is 3.35. The molecule has 0 saturated carbocycles. The van der Waals surface area contributed by atoms with E-state index in [1.54, 1.807) is 17.4 Å². The van der Waals surface area contributed by atoms with Crippen molar-refractivity contribution >= 4 is 39.6 Å². The molecule has 0 spiro atoms. The SMILES string of the molecule is CC(C)C(C)[C@@H](/C=C/C(=O)Nc1nnc(C(C)(C)C)s1)NC(=O)[C@@H](N)Cc1cccs1. The van der Waals surface area contributed by atoms with Gasteiger partial charge in [0.15, 0.2) is 0 Å². The molecule has 2 amide bonds. The first kappa shape index (κ1) is 25.2. The lowest BCUT2D eigenvalue weighted by molar-refractivity contribution is -0.123. The Hall–Kier alpha value is -2.10. The quantitative estimate of drug-likeness (QED) is 0.491. The van der Waals surface area contributed by atoms with Gasteiger partial charge in [-0.25, -0.2) is 0 Å². The van der Waals surface area contributed by atoms with Crippen molar-refractivity contribution in [1.82, 2.24) is 15.5 Å². The van der Waals surface area contributed by atoms with E-state index >= 15 is 0 Å². The Kier molecular flexibility index (Phi) is 8.90. The standard InChI is InChI=1S/C22H33N5O2S2/c1-13(2)14(3)17(24-19(29)16(23)12-15-8-7-11-30-15)9-10-18(28)25-21-27-26-20(31-21)22(4,5)6/h7-11,13-14,16-17H,12,23H2,1-6H3,(H,24,29)(H,25,27,28)/b10-9+/t14?,16-,17+/m0/s1. The van der Waals surface area contributed by atoms with Crippen molar-refractivity contribution in [2.45, 2.75) is 65.5 Å². The lowest BCUT2D eigenvalue weighted by Crippen LogP contribution is -2.48. The summed E-state index contributed by atoms with van der Waals surface area (Å²) in [6.07, 6.45) is 3.65. The summed E-state index contributed by atoms with van der Waals surface area (Å²) in [5, 5.41) is 17.2. The van der Waals surface area contributed by atoms with Crippen molar-refractivity contribution in [2.75, 3.05) is 5.32 Å². The van der Waals surface area contributed by atoms with Crippen LogP contribution in [0.1, 0.15) is 51.4 Å². The highest BCUT2D eigenvalue weighted by atomic mass is 32.1. The summed E-state index contributed by atoms with van der Waals surface area (Å²) in [5.74, 6) is -0.107. The third-order valence-corrected chi connectivity index (χ3v) is 7.18. The highest BCUT2D eigenvalue weighted by Crippen LogP contribution is 2.27. The molecule has 4 N–H and O–H groups in total. The van der Waals surface area contributed by atoms with Crippen LogP contribution < -0.4 is 16.4 Å². The molecule has 9 heteroatoms. The molecular weight excluding hydrogens is 430 g/mol. The summed E-state index contributed by atoms with van der Waals surface area (Å²) in [7, 11) is 0. The molecule has 0 fully saturated rings. The molecule has 3 atom stereocenters.